The average Bonchev–Trinajstić information content (AvgIpc) is 2.27. The van der Waals surface area contributed by atoms with Gasteiger partial charge in [-0.2, -0.15) is 0 Å². The molecule has 0 aliphatic carbocycles. The van der Waals surface area contributed by atoms with E-state index in [0.717, 1.165) is 17.4 Å². The maximum atomic E-state index is 11.8. The third-order valence-corrected chi connectivity index (χ3v) is 2.68. The molecule has 0 spiro atoms. The van der Waals surface area contributed by atoms with E-state index in [1.54, 1.807) is 13.8 Å². The molecule has 0 saturated heterocycles. The van der Waals surface area contributed by atoms with E-state index in [0.29, 0.717) is 6.54 Å². The molecule has 7 heteroatoms. The van der Waals surface area contributed by atoms with E-state index in [1.807, 2.05) is 11.9 Å². The summed E-state index contributed by atoms with van der Waals surface area (Å²) < 4.78 is 0.968. The molecule has 19 heavy (non-hydrogen) atoms. The van der Waals surface area contributed by atoms with Crippen LogP contribution in [0.2, 0.25) is 0 Å². The first-order valence-electron chi connectivity index (χ1n) is 6.26. The summed E-state index contributed by atoms with van der Waals surface area (Å²) in [5.74, 6) is -1.28. The van der Waals surface area contributed by atoms with Crippen LogP contribution in [0.1, 0.15) is 50.0 Å². The van der Waals surface area contributed by atoms with Gasteiger partial charge >= 0.3 is 5.69 Å². The summed E-state index contributed by atoms with van der Waals surface area (Å²) in [7, 11) is 0. The topological polar surface area (TPSA) is 104 Å². The Morgan fingerprint density at radius 2 is 2.05 bits per heavy atom. The van der Waals surface area contributed by atoms with E-state index >= 15 is 0 Å². The number of carbonyl (C=O) groups excluding carboxylic acids is 1. The SMILES string of the molecule is CCCCNC(=O)c1c(O)n(C(C)C)c(=O)[nH]c1=O. The van der Waals surface area contributed by atoms with Gasteiger partial charge in [0.15, 0.2) is 5.56 Å². The van der Waals surface area contributed by atoms with E-state index in [4.69, 9.17) is 0 Å². The zero-order valence-corrected chi connectivity index (χ0v) is 11.3. The number of hydrogen-bond donors (Lipinski definition) is 3. The second kappa shape index (κ2) is 6.21. The van der Waals surface area contributed by atoms with Crippen molar-refractivity contribution < 1.29 is 9.90 Å². The van der Waals surface area contributed by atoms with Gasteiger partial charge in [-0.3, -0.25) is 19.1 Å². The van der Waals surface area contributed by atoms with Crippen molar-refractivity contribution in [1.29, 1.82) is 0 Å². The fourth-order valence-electron chi connectivity index (χ4n) is 1.69. The number of amides is 1. The van der Waals surface area contributed by atoms with Crippen molar-refractivity contribution in [1.82, 2.24) is 14.9 Å². The fraction of sp³-hybridized carbons (Fsp3) is 0.583. The van der Waals surface area contributed by atoms with Crippen molar-refractivity contribution in [3.8, 4) is 5.88 Å². The molecular weight excluding hydrogens is 250 g/mol. The standard InChI is InChI=1S/C12H19N3O4/c1-4-5-6-13-9(16)8-10(17)14-12(19)15(7(2)3)11(8)18/h7,18H,4-6H2,1-3H3,(H,13,16)(H,14,17,19). The van der Waals surface area contributed by atoms with E-state index in [1.165, 1.54) is 0 Å². The highest BCUT2D eigenvalue weighted by atomic mass is 16.3. The third kappa shape index (κ3) is 3.24. The van der Waals surface area contributed by atoms with Crippen molar-refractivity contribution in [3.63, 3.8) is 0 Å². The molecule has 0 saturated carbocycles. The first-order valence-corrected chi connectivity index (χ1v) is 6.26. The van der Waals surface area contributed by atoms with Crippen molar-refractivity contribution >= 4 is 5.91 Å². The molecule has 1 amide bonds. The minimum Gasteiger partial charge on any atom is -0.494 e. The zero-order valence-electron chi connectivity index (χ0n) is 11.3. The summed E-state index contributed by atoms with van der Waals surface area (Å²) in [5.41, 5.74) is -2.04. The summed E-state index contributed by atoms with van der Waals surface area (Å²) >= 11 is 0. The van der Waals surface area contributed by atoms with Gasteiger partial charge in [-0.25, -0.2) is 4.79 Å². The molecule has 1 aromatic rings. The lowest BCUT2D eigenvalue weighted by atomic mass is 10.2. The average molecular weight is 269 g/mol. The van der Waals surface area contributed by atoms with Crippen molar-refractivity contribution in [3.05, 3.63) is 26.4 Å². The smallest absolute Gasteiger partial charge is 0.331 e. The molecule has 1 rings (SSSR count). The Hall–Kier alpha value is -2.05. The number of aromatic amines is 1. The predicted octanol–water partition coefficient (Wildman–Crippen LogP) is 0.353. The van der Waals surface area contributed by atoms with Crippen LogP contribution in [0.15, 0.2) is 9.59 Å². The summed E-state index contributed by atoms with van der Waals surface area (Å²) in [6, 6.07) is -0.369. The quantitative estimate of drug-likeness (QED) is 0.671. The highest BCUT2D eigenvalue weighted by Gasteiger charge is 2.21. The number of H-pyrrole nitrogens is 1. The van der Waals surface area contributed by atoms with Crippen LogP contribution in [-0.2, 0) is 0 Å². The van der Waals surface area contributed by atoms with Gasteiger partial charge in [-0.1, -0.05) is 13.3 Å². The molecule has 1 heterocycles. The molecule has 3 N–H and O–H groups in total. The Bertz CT molecular complexity index is 571. The van der Waals surface area contributed by atoms with Gasteiger partial charge in [0.05, 0.1) is 0 Å². The van der Waals surface area contributed by atoms with Crippen LogP contribution in [0.3, 0.4) is 0 Å². The Labute approximate surface area is 110 Å². The number of unbranched alkanes of at least 4 members (excludes halogenated alkanes) is 1. The van der Waals surface area contributed by atoms with Gasteiger partial charge in [-0.15, -0.1) is 0 Å². The minimum atomic E-state index is -0.881. The number of nitrogens with zero attached hydrogens (tertiary/aromatic N) is 1. The summed E-state index contributed by atoms with van der Waals surface area (Å²) in [6.45, 7) is 5.71. The van der Waals surface area contributed by atoms with Gasteiger partial charge in [0.1, 0.15) is 0 Å². The number of aromatic hydroxyl groups is 1. The van der Waals surface area contributed by atoms with Crippen LogP contribution in [0.5, 0.6) is 5.88 Å². The van der Waals surface area contributed by atoms with Crippen LogP contribution >= 0.6 is 0 Å². The lowest BCUT2D eigenvalue weighted by Gasteiger charge is -2.13. The lowest BCUT2D eigenvalue weighted by Crippen LogP contribution is -2.38. The van der Waals surface area contributed by atoms with Gasteiger partial charge in [0.2, 0.25) is 5.88 Å². The Morgan fingerprint density at radius 3 is 2.58 bits per heavy atom. The highest BCUT2D eigenvalue weighted by Crippen LogP contribution is 2.14. The van der Waals surface area contributed by atoms with E-state index < -0.39 is 28.6 Å². The molecule has 0 atom stereocenters. The van der Waals surface area contributed by atoms with E-state index in [2.05, 4.69) is 5.32 Å². The lowest BCUT2D eigenvalue weighted by molar-refractivity contribution is 0.0946. The fourth-order valence-corrected chi connectivity index (χ4v) is 1.69. The predicted molar refractivity (Wildman–Crippen MR) is 70.6 cm³/mol. The second-order valence-electron chi connectivity index (χ2n) is 4.53. The van der Waals surface area contributed by atoms with Crippen LogP contribution in [0, 0.1) is 0 Å². The van der Waals surface area contributed by atoms with Gasteiger partial charge < -0.3 is 10.4 Å². The summed E-state index contributed by atoms with van der Waals surface area (Å²) in [4.78, 5) is 37.0. The van der Waals surface area contributed by atoms with E-state index in [9.17, 15) is 19.5 Å². The first kappa shape index (κ1) is 15.0. The Morgan fingerprint density at radius 1 is 1.42 bits per heavy atom. The number of hydrogen-bond acceptors (Lipinski definition) is 4. The molecule has 0 radical (unpaired) electrons. The van der Waals surface area contributed by atoms with Gasteiger partial charge in [0, 0.05) is 12.6 Å². The maximum absolute atomic E-state index is 11.8. The Balaban J connectivity index is 3.21. The number of carbonyl (C=O) groups is 1. The van der Waals surface area contributed by atoms with Crippen molar-refractivity contribution in [2.75, 3.05) is 6.54 Å². The van der Waals surface area contributed by atoms with Gasteiger partial charge in [0.25, 0.3) is 11.5 Å². The highest BCUT2D eigenvalue weighted by molar-refractivity contribution is 5.95. The second-order valence-corrected chi connectivity index (χ2v) is 4.53. The monoisotopic (exact) mass is 269 g/mol. The summed E-state index contributed by atoms with van der Waals surface area (Å²) in [5, 5.41) is 12.5. The molecule has 0 unspecified atom stereocenters. The summed E-state index contributed by atoms with van der Waals surface area (Å²) in [6.07, 6.45) is 1.67. The molecule has 0 aromatic carbocycles. The normalized spacial score (nSPS) is 10.7. The van der Waals surface area contributed by atoms with Crippen LogP contribution in [0.4, 0.5) is 0 Å². The van der Waals surface area contributed by atoms with Crippen molar-refractivity contribution in [2.45, 2.75) is 39.7 Å². The minimum absolute atomic E-state index is 0.369. The Kier molecular flexibility index (Phi) is 4.91. The first-order chi connectivity index (χ1) is 8.90. The maximum Gasteiger partial charge on any atom is 0.331 e. The van der Waals surface area contributed by atoms with Crippen LogP contribution < -0.4 is 16.6 Å². The molecule has 0 aliphatic rings. The molecular formula is C12H19N3O4. The zero-order chi connectivity index (χ0) is 14.6. The van der Waals surface area contributed by atoms with Crippen LogP contribution in [0.25, 0.3) is 0 Å². The van der Waals surface area contributed by atoms with Crippen molar-refractivity contribution in [2.24, 2.45) is 0 Å². The number of aromatic nitrogens is 2. The largest absolute Gasteiger partial charge is 0.494 e. The molecule has 7 nitrogen and oxygen atoms in total. The van der Waals surface area contributed by atoms with Gasteiger partial charge in [-0.05, 0) is 20.3 Å². The molecule has 0 fully saturated rings. The third-order valence-electron chi connectivity index (χ3n) is 2.68. The molecule has 0 aliphatic heterocycles. The van der Waals surface area contributed by atoms with Crippen LogP contribution in [-0.4, -0.2) is 27.1 Å². The molecule has 106 valence electrons. The molecule has 1 aromatic heterocycles. The van der Waals surface area contributed by atoms with E-state index in [-0.39, 0.29) is 6.04 Å². The number of rotatable bonds is 5. The molecule has 0 bridgehead atoms. The number of nitrogens with one attached hydrogen (secondary N) is 2.